The molecule has 1 heterocycles. The SMILES string of the molecule is CCC(C)NC(=O)CN1CCCCC1CNC1CC1. The number of hydrogen-bond donors (Lipinski definition) is 2. The van der Waals surface area contributed by atoms with E-state index in [2.05, 4.69) is 29.4 Å². The Hall–Kier alpha value is -0.610. The van der Waals surface area contributed by atoms with Gasteiger partial charge >= 0.3 is 0 Å². The van der Waals surface area contributed by atoms with Gasteiger partial charge in [-0.15, -0.1) is 0 Å². The van der Waals surface area contributed by atoms with Crippen molar-refractivity contribution >= 4 is 5.91 Å². The maximum atomic E-state index is 12.0. The Morgan fingerprint density at radius 1 is 1.32 bits per heavy atom. The van der Waals surface area contributed by atoms with Crippen LogP contribution in [0, 0.1) is 0 Å². The Labute approximate surface area is 117 Å². The lowest BCUT2D eigenvalue weighted by molar-refractivity contribution is -0.123. The van der Waals surface area contributed by atoms with E-state index in [0.717, 1.165) is 25.6 Å². The molecule has 1 saturated heterocycles. The van der Waals surface area contributed by atoms with Crippen LogP contribution in [0.25, 0.3) is 0 Å². The second-order valence-corrected chi connectivity index (χ2v) is 6.18. The van der Waals surface area contributed by atoms with Crippen molar-refractivity contribution < 1.29 is 4.79 Å². The molecule has 2 rings (SSSR count). The highest BCUT2D eigenvalue weighted by molar-refractivity contribution is 5.78. The zero-order valence-electron chi connectivity index (χ0n) is 12.5. The van der Waals surface area contributed by atoms with Crippen LogP contribution in [0.15, 0.2) is 0 Å². The molecule has 0 radical (unpaired) electrons. The van der Waals surface area contributed by atoms with Crippen LogP contribution >= 0.6 is 0 Å². The minimum absolute atomic E-state index is 0.188. The Bertz CT molecular complexity index is 291. The number of nitrogens with zero attached hydrogens (tertiary/aromatic N) is 1. The monoisotopic (exact) mass is 267 g/mol. The van der Waals surface area contributed by atoms with E-state index in [-0.39, 0.29) is 5.91 Å². The first-order chi connectivity index (χ1) is 9.19. The van der Waals surface area contributed by atoms with Crippen molar-refractivity contribution in [3.05, 3.63) is 0 Å². The molecule has 4 heteroatoms. The fourth-order valence-electron chi connectivity index (χ4n) is 2.70. The van der Waals surface area contributed by atoms with Crippen LogP contribution in [0.5, 0.6) is 0 Å². The summed E-state index contributed by atoms with van der Waals surface area (Å²) >= 11 is 0. The van der Waals surface area contributed by atoms with Crippen LogP contribution in [0.3, 0.4) is 0 Å². The summed E-state index contributed by atoms with van der Waals surface area (Å²) in [7, 11) is 0. The lowest BCUT2D eigenvalue weighted by Gasteiger charge is -2.35. The molecule has 0 spiro atoms. The summed E-state index contributed by atoms with van der Waals surface area (Å²) in [5, 5.41) is 6.68. The standard InChI is InChI=1S/C15H29N3O/c1-3-12(2)17-15(19)11-18-9-5-4-6-14(18)10-16-13-7-8-13/h12-14,16H,3-11H2,1-2H3,(H,17,19). The third kappa shape index (κ3) is 5.11. The molecule has 0 aromatic carbocycles. The summed E-state index contributed by atoms with van der Waals surface area (Å²) < 4.78 is 0. The van der Waals surface area contributed by atoms with Gasteiger partial charge in [0.2, 0.25) is 5.91 Å². The number of likely N-dealkylation sites (tertiary alicyclic amines) is 1. The van der Waals surface area contributed by atoms with Crippen LogP contribution in [-0.2, 0) is 4.79 Å². The van der Waals surface area contributed by atoms with E-state index >= 15 is 0 Å². The van der Waals surface area contributed by atoms with Crippen molar-refractivity contribution in [2.75, 3.05) is 19.6 Å². The number of amides is 1. The lowest BCUT2D eigenvalue weighted by atomic mass is 10.0. The van der Waals surface area contributed by atoms with Crippen LogP contribution in [0.4, 0.5) is 0 Å². The highest BCUT2D eigenvalue weighted by atomic mass is 16.2. The molecule has 110 valence electrons. The van der Waals surface area contributed by atoms with Crippen molar-refractivity contribution in [3.8, 4) is 0 Å². The fourth-order valence-corrected chi connectivity index (χ4v) is 2.70. The second-order valence-electron chi connectivity index (χ2n) is 6.18. The zero-order valence-corrected chi connectivity index (χ0v) is 12.5. The third-order valence-corrected chi connectivity index (χ3v) is 4.34. The van der Waals surface area contributed by atoms with E-state index in [1.807, 2.05) is 0 Å². The van der Waals surface area contributed by atoms with E-state index in [0.29, 0.717) is 18.6 Å². The molecule has 4 nitrogen and oxygen atoms in total. The minimum Gasteiger partial charge on any atom is -0.353 e. The molecule has 2 fully saturated rings. The van der Waals surface area contributed by atoms with Crippen LogP contribution in [-0.4, -0.2) is 48.6 Å². The molecular formula is C15H29N3O. The van der Waals surface area contributed by atoms with Crippen molar-refractivity contribution in [1.29, 1.82) is 0 Å². The highest BCUT2D eigenvalue weighted by Gasteiger charge is 2.27. The van der Waals surface area contributed by atoms with Crippen molar-refractivity contribution in [1.82, 2.24) is 15.5 Å². The largest absolute Gasteiger partial charge is 0.353 e. The Balaban J connectivity index is 1.75. The number of nitrogens with one attached hydrogen (secondary N) is 2. The molecular weight excluding hydrogens is 238 g/mol. The van der Waals surface area contributed by atoms with Gasteiger partial charge in [-0.2, -0.15) is 0 Å². The molecule has 0 bridgehead atoms. The van der Waals surface area contributed by atoms with Crippen LogP contribution < -0.4 is 10.6 Å². The summed E-state index contributed by atoms with van der Waals surface area (Å²) in [5.74, 6) is 0.188. The summed E-state index contributed by atoms with van der Waals surface area (Å²) in [5.41, 5.74) is 0. The summed E-state index contributed by atoms with van der Waals surface area (Å²) in [6.45, 7) is 6.88. The molecule has 1 aliphatic carbocycles. The molecule has 1 amide bonds. The summed E-state index contributed by atoms with van der Waals surface area (Å²) in [6, 6.07) is 1.61. The van der Waals surface area contributed by atoms with Crippen LogP contribution in [0.2, 0.25) is 0 Å². The number of carbonyl (C=O) groups is 1. The van der Waals surface area contributed by atoms with E-state index in [4.69, 9.17) is 0 Å². The van der Waals surface area contributed by atoms with Gasteiger partial charge in [0.15, 0.2) is 0 Å². The molecule has 2 N–H and O–H groups in total. The predicted molar refractivity (Wildman–Crippen MR) is 78.1 cm³/mol. The smallest absolute Gasteiger partial charge is 0.234 e. The van der Waals surface area contributed by atoms with E-state index in [1.165, 1.54) is 32.1 Å². The van der Waals surface area contributed by atoms with Gasteiger partial charge in [-0.3, -0.25) is 9.69 Å². The fraction of sp³-hybridized carbons (Fsp3) is 0.933. The first kappa shape index (κ1) is 14.8. The molecule has 2 atom stereocenters. The normalized spacial score (nSPS) is 26.1. The van der Waals surface area contributed by atoms with Crippen LogP contribution in [0.1, 0.15) is 52.4 Å². The Kier molecular flexibility index (Phi) is 5.64. The molecule has 2 aliphatic rings. The molecule has 2 unspecified atom stereocenters. The zero-order chi connectivity index (χ0) is 13.7. The van der Waals surface area contributed by atoms with Gasteiger partial charge < -0.3 is 10.6 Å². The van der Waals surface area contributed by atoms with E-state index < -0.39 is 0 Å². The predicted octanol–water partition coefficient (Wildman–Crippen LogP) is 1.51. The van der Waals surface area contributed by atoms with Gasteiger partial charge in [-0.1, -0.05) is 13.3 Å². The average molecular weight is 267 g/mol. The number of rotatable bonds is 7. The Morgan fingerprint density at radius 2 is 2.11 bits per heavy atom. The summed E-state index contributed by atoms with van der Waals surface area (Å²) in [4.78, 5) is 14.4. The van der Waals surface area contributed by atoms with Gasteiger partial charge in [0, 0.05) is 24.7 Å². The van der Waals surface area contributed by atoms with Crippen molar-refractivity contribution in [2.45, 2.75) is 70.5 Å². The maximum absolute atomic E-state index is 12.0. The number of piperidine rings is 1. The van der Waals surface area contributed by atoms with Crippen molar-refractivity contribution in [2.24, 2.45) is 0 Å². The molecule has 1 aliphatic heterocycles. The summed E-state index contributed by atoms with van der Waals surface area (Å²) in [6.07, 6.45) is 7.44. The maximum Gasteiger partial charge on any atom is 0.234 e. The Morgan fingerprint density at radius 3 is 2.79 bits per heavy atom. The van der Waals surface area contributed by atoms with Gasteiger partial charge in [0.05, 0.1) is 6.54 Å². The van der Waals surface area contributed by atoms with Gasteiger partial charge in [0.25, 0.3) is 0 Å². The number of carbonyl (C=O) groups excluding carboxylic acids is 1. The van der Waals surface area contributed by atoms with Gasteiger partial charge in [-0.25, -0.2) is 0 Å². The van der Waals surface area contributed by atoms with E-state index in [1.54, 1.807) is 0 Å². The highest BCUT2D eigenvalue weighted by Crippen LogP contribution is 2.21. The lowest BCUT2D eigenvalue weighted by Crippen LogP contribution is -2.50. The average Bonchev–Trinajstić information content (AvgIpc) is 3.21. The quantitative estimate of drug-likeness (QED) is 0.735. The molecule has 1 saturated carbocycles. The minimum atomic E-state index is 0.188. The van der Waals surface area contributed by atoms with Gasteiger partial charge in [0.1, 0.15) is 0 Å². The second kappa shape index (κ2) is 7.25. The molecule has 0 aromatic rings. The van der Waals surface area contributed by atoms with E-state index in [9.17, 15) is 4.79 Å². The third-order valence-electron chi connectivity index (χ3n) is 4.34. The first-order valence-corrected chi connectivity index (χ1v) is 7.95. The molecule has 0 aromatic heterocycles. The molecule has 19 heavy (non-hydrogen) atoms. The number of hydrogen-bond acceptors (Lipinski definition) is 3. The van der Waals surface area contributed by atoms with Gasteiger partial charge in [-0.05, 0) is 45.6 Å². The topological polar surface area (TPSA) is 44.4 Å². The van der Waals surface area contributed by atoms with Crippen molar-refractivity contribution in [3.63, 3.8) is 0 Å². The first-order valence-electron chi connectivity index (χ1n) is 7.95.